The van der Waals surface area contributed by atoms with E-state index in [-0.39, 0.29) is 11.9 Å². The van der Waals surface area contributed by atoms with Gasteiger partial charge in [-0.15, -0.1) is 0 Å². The van der Waals surface area contributed by atoms with Crippen molar-refractivity contribution in [3.63, 3.8) is 0 Å². The van der Waals surface area contributed by atoms with Gasteiger partial charge in [-0.3, -0.25) is 4.79 Å². The van der Waals surface area contributed by atoms with Gasteiger partial charge in [0.2, 0.25) is 5.91 Å². The summed E-state index contributed by atoms with van der Waals surface area (Å²) in [7, 11) is 1.84. The minimum Gasteiger partial charge on any atom is -0.343 e. The summed E-state index contributed by atoms with van der Waals surface area (Å²) in [6.07, 6.45) is 1.28. The number of amides is 1. The van der Waals surface area contributed by atoms with Crippen LogP contribution in [0.1, 0.15) is 25.8 Å². The van der Waals surface area contributed by atoms with Gasteiger partial charge in [0, 0.05) is 24.5 Å². The van der Waals surface area contributed by atoms with Gasteiger partial charge in [-0.1, -0.05) is 23.7 Å². The lowest BCUT2D eigenvalue weighted by atomic mass is 10.1. The predicted molar refractivity (Wildman–Crippen MR) is 67.7 cm³/mol. The Labute approximate surface area is 102 Å². The molecule has 0 spiro atoms. The van der Waals surface area contributed by atoms with E-state index in [1.807, 2.05) is 45.2 Å². The Kier molecular flexibility index (Phi) is 4.81. The normalized spacial score (nSPS) is 10.6. The monoisotopic (exact) mass is 239 g/mol. The molecular weight excluding hydrogens is 222 g/mol. The van der Waals surface area contributed by atoms with Crippen LogP contribution in [0.5, 0.6) is 0 Å². The minimum atomic E-state index is 0.176. The molecule has 0 aliphatic rings. The standard InChI is InChI=1S/C13H18ClNO/c1-10(2)15(3)13(16)8-7-11-5-4-6-12(14)9-11/h4-6,9-10H,7-8H2,1-3H3. The summed E-state index contributed by atoms with van der Waals surface area (Å²) < 4.78 is 0. The third-order valence-electron chi connectivity index (χ3n) is 2.68. The topological polar surface area (TPSA) is 20.3 Å². The highest BCUT2D eigenvalue weighted by atomic mass is 35.5. The molecule has 0 bridgehead atoms. The fraction of sp³-hybridized carbons (Fsp3) is 0.462. The van der Waals surface area contributed by atoms with Crippen molar-refractivity contribution in [3.05, 3.63) is 34.9 Å². The Morgan fingerprint density at radius 2 is 2.12 bits per heavy atom. The molecule has 3 heteroatoms. The second-order valence-corrected chi connectivity index (χ2v) is 4.66. The molecule has 0 aliphatic carbocycles. The van der Waals surface area contributed by atoms with Crippen LogP contribution < -0.4 is 0 Å². The predicted octanol–water partition coefficient (Wildman–Crippen LogP) is 3.14. The third kappa shape index (κ3) is 3.86. The highest BCUT2D eigenvalue weighted by Crippen LogP contribution is 2.12. The van der Waals surface area contributed by atoms with Crippen LogP contribution in [-0.2, 0) is 11.2 Å². The van der Waals surface area contributed by atoms with E-state index in [0.29, 0.717) is 6.42 Å². The Bertz CT molecular complexity index is 363. The van der Waals surface area contributed by atoms with Gasteiger partial charge in [-0.25, -0.2) is 0 Å². The summed E-state index contributed by atoms with van der Waals surface area (Å²) in [5, 5.41) is 0.724. The first-order valence-electron chi connectivity index (χ1n) is 5.51. The molecule has 88 valence electrons. The molecule has 0 radical (unpaired) electrons. The Hall–Kier alpha value is -1.02. The van der Waals surface area contributed by atoms with Crippen LogP contribution in [0.25, 0.3) is 0 Å². The number of carbonyl (C=O) groups is 1. The van der Waals surface area contributed by atoms with E-state index in [9.17, 15) is 4.79 Å². The van der Waals surface area contributed by atoms with Gasteiger partial charge in [0.25, 0.3) is 0 Å². The van der Waals surface area contributed by atoms with E-state index in [2.05, 4.69) is 0 Å². The average molecular weight is 240 g/mol. The first kappa shape index (κ1) is 13.0. The second-order valence-electron chi connectivity index (χ2n) is 4.23. The SMILES string of the molecule is CC(C)N(C)C(=O)CCc1cccc(Cl)c1. The zero-order chi connectivity index (χ0) is 12.1. The van der Waals surface area contributed by atoms with Crippen molar-refractivity contribution in [2.45, 2.75) is 32.7 Å². The highest BCUT2D eigenvalue weighted by molar-refractivity contribution is 6.30. The molecule has 2 nitrogen and oxygen atoms in total. The number of carbonyl (C=O) groups excluding carboxylic acids is 1. The van der Waals surface area contributed by atoms with E-state index in [1.165, 1.54) is 0 Å². The smallest absolute Gasteiger partial charge is 0.222 e. The van der Waals surface area contributed by atoms with Crippen LogP contribution >= 0.6 is 11.6 Å². The molecule has 0 saturated carbocycles. The Morgan fingerprint density at radius 1 is 1.44 bits per heavy atom. The summed E-state index contributed by atoms with van der Waals surface area (Å²) >= 11 is 5.88. The number of hydrogen-bond acceptors (Lipinski definition) is 1. The van der Waals surface area contributed by atoms with Crippen molar-refractivity contribution in [3.8, 4) is 0 Å². The van der Waals surface area contributed by atoms with E-state index in [0.717, 1.165) is 17.0 Å². The van der Waals surface area contributed by atoms with Gasteiger partial charge in [0.15, 0.2) is 0 Å². The van der Waals surface area contributed by atoms with Gasteiger partial charge in [-0.05, 0) is 38.0 Å². The summed E-state index contributed by atoms with van der Waals surface area (Å²) in [5.74, 6) is 0.176. The molecule has 16 heavy (non-hydrogen) atoms. The molecular formula is C13H18ClNO. The van der Waals surface area contributed by atoms with E-state index < -0.39 is 0 Å². The highest BCUT2D eigenvalue weighted by Gasteiger charge is 2.11. The number of hydrogen-bond donors (Lipinski definition) is 0. The van der Waals surface area contributed by atoms with Gasteiger partial charge >= 0.3 is 0 Å². The molecule has 0 heterocycles. The number of halogens is 1. The molecule has 0 unspecified atom stereocenters. The van der Waals surface area contributed by atoms with Crippen LogP contribution in [0.15, 0.2) is 24.3 Å². The van der Waals surface area contributed by atoms with Crippen molar-refractivity contribution >= 4 is 17.5 Å². The molecule has 0 atom stereocenters. The molecule has 1 amide bonds. The van der Waals surface area contributed by atoms with E-state index in [1.54, 1.807) is 4.90 Å². The Balaban J connectivity index is 2.49. The molecule has 0 saturated heterocycles. The fourth-order valence-corrected chi connectivity index (χ4v) is 1.62. The van der Waals surface area contributed by atoms with Crippen molar-refractivity contribution in [2.75, 3.05) is 7.05 Å². The van der Waals surface area contributed by atoms with Crippen LogP contribution in [0, 0.1) is 0 Å². The first-order valence-corrected chi connectivity index (χ1v) is 5.88. The molecule has 0 aliphatic heterocycles. The van der Waals surface area contributed by atoms with E-state index >= 15 is 0 Å². The molecule has 1 aromatic carbocycles. The fourth-order valence-electron chi connectivity index (χ4n) is 1.41. The lowest BCUT2D eigenvalue weighted by molar-refractivity contribution is -0.131. The van der Waals surface area contributed by atoms with Crippen molar-refractivity contribution in [2.24, 2.45) is 0 Å². The zero-order valence-electron chi connectivity index (χ0n) is 10.0. The number of benzene rings is 1. The molecule has 1 aromatic rings. The zero-order valence-corrected chi connectivity index (χ0v) is 10.8. The van der Waals surface area contributed by atoms with Crippen LogP contribution in [0.2, 0.25) is 5.02 Å². The minimum absolute atomic E-state index is 0.176. The van der Waals surface area contributed by atoms with Crippen LogP contribution in [0.3, 0.4) is 0 Å². The van der Waals surface area contributed by atoms with Gasteiger partial charge in [-0.2, -0.15) is 0 Å². The van der Waals surface area contributed by atoms with Crippen LogP contribution in [0.4, 0.5) is 0 Å². The summed E-state index contributed by atoms with van der Waals surface area (Å²) in [6, 6.07) is 7.91. The molecule has 0 aromatic heterocycles. The van der Waals surface area contributed by atoms with Crippen LogP contribution in [-0.4, -0.2) is 23.9 Å². The summed E-state index contributed by atoms with van der Waals surface area (Å²) in [6.45, 7) is 4.02. The average Bonchev–Trinajstić information content (AvgIpc) is 2.24. The number of rotatable bonds is 4. The maximum Gasteiger partial charge on any atom is 0.222 e. The third-order valence-corrected chi connectivity index (χ3v) is 2.92. The molecule has 0 fully saturated rings. The van der Waals surface area contributed by atoms with Gasteiger partial charge < -0.3 is 4.90 Å². The van der Waals surface area contributed by atoms with Crippen molar-refractivity contribution < 1.29 is 4.79 Å². The lowest BCUT2D eigenvalue weighted by Gasteiger charge is -2.21. The molecule has 1 rings (SSSR count). The van der Waals surface area contributed by atoms with Gasteiger partial charge in [0.05, 0.1) is 0 Å². The molecule has 0 N–H and O–H groups in total. The van der Waals surface area contributed by atoms with E-state index in [4.69, 9.17) is 11.6 Å². The van der Waals surface area contributed by atoms with Gasteiger partial charge in [0.1, 0.15) is 0 Å². The second kappa shape index (κ2) is 5.90. The van der Waals surface area contributed by atoms with Crippen molar-refractivity contribution in [1.82, 2.24) is 4.90 Å². The Morgan fingerprint density at radius 3 is 2.69 bits per heavy atom. The first-order chi connectivity index (χ1) is 7.50. The summed E-state index contributed by atoms with van der Waals surface area (Å²) in [5.41, 5.74) is 1.11. The maximum absolute atomic E-state index is 11.7. The summed E-state index contributed by atoms with van der Waals surface area (Å²) in [4.78, 5) is 13.5. The van der Waals surface area contributed by atoms with Crippen molar-refractivity contribution in [1.29, 1.82) is 0 Å². The lowest BCUT2D eigenvalue weighted by Crippen LogP contribution is -2.33. The quantitative estimate of drug-likeness (QED) is 0.791. The number of aryl methyl sites for hydroxylation is 1. The maximum atomic E-state index is 11.7. The largest absolute Gasteiger partial charge is 0.343 e. The number of nitrogens with zero attached hydrogens (tertiary/aromatic N) is 1.